The summed E-state index contributed by atoms with van der Waals surface area (Å²) in [4.78, 5) is 23.7. The fourth-order valence-electron chi connectivity index (χ4n) is 3.52. The first-order valence-corrected chi connectivity index (χ1v) is 9.62. The number of benzene rings is 2. The Balaban J connectivity index is 1.96. The molecule has 8 nitrogen and oxygen atoms in total. The van der Waals surface area contributed by atoms with E-state index in [4.69, 9.17) is 9.47 Å². The van der Waals surface area contributed by atoms with E-state index in [1.165, 1.54) is 19.1 Å². The zero-order valence-electron chi connectivity index (χ0n) is 14.3. The van der Waals surface area contributed by atoms with Gasteiger partial charge in [-0.1, -0.05) is 36.4 Å². The number of fused-ring (bicyclic) bond motifs is 1. The van der Waals surface area contributed by atoms with Crippen molar-refractivity contribution >= 4 is 27.8 Å². The average molecular weight is 388 g/mol. The minimum atomic E-state index is -4.09. The van der Waals surface area contributed by atoms with E-state index in [9.17, 15) is 18.0 Å². The molecule has 0 aliphatic carbocycles. The number of anilines is 1. The molecule has 1 N–H and O–H groups in total. The van der Waals surface area contributed by atoms with E-state index in [1.54, 1.807) is 42.5 Å². The maximum atomic E-state index is 13.5. The summed E-state index contributed by atoms with van der Waals surface area (Å²) in [5, 5.41) is 2.57. The number of ether oxygens (including phenoxy) is 2. The second-order valence-electron chi connectivity index (χ2n) is 6.26. The first-order valence-electron chi connectivity index (χ1n) is 8.18. The number of amides is 1. The fourth-order valence-corrected chi connectivity index (χ4v) is 5.28. The van der Waals surface area contributed by atoms with Crippen molar-refractivity contribution in [2.45, 2.75) is 23.6 Å². The van der Waals surface area contributed by atoms with E-state index >= 15 is 0 Å². The van der Waals surface area contributed by atoms with Gasteiger partial charge in [0.05, 0.1) is 10.6 Å². The lowest BCUT2D eigenvalue weighted by Gasteiger charge is -2.36. The molecule has 2 heterocycles. The molecule has 2 aliphatic rings. The van der Waals surface area contributed by atoms with Crippen molar-refractivity contribution in [2.75, 3.05) is 10.9 Å². The van der Waals surface area contributed by atoms with Gasteiger partial charge in [0.25, 0.3) is 10.0 Å². The fraction of sp³-hybridized carbons (Fsp3) is 0.222. The van der Waals surface area contributed by atoms with Crippen LogP contribution in [0.3, 0.4) is 0 Å². The van der Waals surface area contributed by atoms with Crippen molar-refractivity contribution < 1.29 is 27.5 Å². The Morgan fingerprint density at radius 1 is 1.19 bits per heavy atom. The molecule has 1 spiro atoms. The zero-order chi connectivity index (χ0) is 19.2. The lowest BCUT2D eigenvalue weighted by Crippen LogP contribution is -2.61. The summed E-state index contributed by atoms with van der Waals surface area (Å²) in [6, 6.07) is 14.5. The van der Waals surface area contributed by atoms with Gasteiger partial charge in [0.15, 0.2) is 6.10 Å². The molecule has 2 aliphatic heterocycles. The maximum absolute atomic E-state index is 13.5. The normalized spacial score (nSPS) is 23.7. The molecule has 1 fully saturated rings. The van der Waals surface area contributed by atoms with Crippen LogP contribution in [0.5, 0.6) is 0 Å². The molecular weight excluding hydrogens is 372 g/mol. The van der Waals surface area contributed by atoms with E-state index in [0.717, 1.165) is 4.31 Å². The number of para-hydroxylation sites is 1. The van der Waals surface area contributed by atoms with Gasteiger partial charge < -0.3 is 9.47 Å². The molecule has 1 amide bonds. The average Bonchev–Trinajstić information content (AvgIpc) is 3.14. The highest BCUT2D eigenvalue weighted by atomic mass is 32.2. The smallest absolute Gasteiger partial charge is 0.409 e. The second kappa shape index (κ2) is 5.98. The molecule has 2 aromatic rings. The summed E-state index contributed by atoms with van der Waals surface area (Å²) < 4.78 is 38.5. The molecule has 2 aromatic carbocycles. The van der Waals surface area contributed by atoms with Crippen LogP contribution in [0, 0.1) is 0 Å². The van der Waals surface area contributed by atoms with Crippen LogP contribution < -0.4 is 9.62 Å². The molecule has 2 atom stereocenters. The SMILES string of the molecule is CC(=O)O[C@@H]1c2ccccc2N(S(=O)(=O)c2ccccc2)[C@]12COC(=O)N2. The van der Waals surface area contributed by atoms with E-state index in [2.05, 4.69) is 5.32 Å². The lowest BCUT2D eigenvalue weighted by molar-refractivity contribution is -0.150. The molecule has 0 saturated carbocycles. The number of nitrogens with one attached hydrogen (secondary N) is 1. The number of nitrogens with zero attached hydrogens (tertiary/aromatic N) is 1. The number of hydrogen-bond donors (Lipinski definition) is 1. The van der Waals surface area contributed by atoms with Gasteiger partial charge in [0, 0.05) is 12.5 Å². The topological polar surface area (TPSA) is 102 Å². The second-order valence-corrected chi connectivity index (χ2v) is 8.04. The third kappa shape index (κ3) is 2.54. The molecule has 0 bridgehead atoms. The number of hydrogen-bond acceptors (Lipinski definition) is 6. The number of carbonyl (C=O) groups is 2. The van der Waals surface area contributed by atoms with Crippen LogP contribution in [-0.2, 0) is 24.3 Å². The third-order valence-corrected chi connectivity index (χ3v) is 6.41. The van der Waals surface area contributed by atoms with Gasteiger partial charge in [-0.15, -0.1) is 0 Å². The number of esters is 1. The predicted octanol–water partition coefficient (Wildman–Crippen LogP) is 1.94. The Bertz CT molecular complexity index is 1020. The minimum Gasteiger partial charge on any atom is -0.453 e. The Morgan fingerprint density at radius 3 is 2.48 bits per heavy atom. The molecule has 0 aromatic heterocycles. The van der Waals surface area contributed by atoms with Gasteiger partial charge in [0.2, 0.25) is 5.66 Å². The van der Waals surface area contributed by atoms with Gasteiger partial charge in [-0.2, -0.15) is 0 Å². The Kier molecular flexibility index (Phi) is 3.84. The van der Waals surface area contributed by atoms with Crippen LogP contribution >= 0.6 is 0 Å². The van der Waals surface area contributed by atoms with Crippen molar-refractivity contribution in [3.05, 3.63) is 60.2 Å². The van der Waals surface area contributed by atoms with Crippen molar-refractivity contribution in [1.29, 1.82) is 0 Å². The standard InChI is InChI=1S/C18H16N2O6S/c1-12(21)26-16-14-9-5-6-10-15(14)20(18(16)11-25-17(22)19-18)27(23,24)13-7-3-2-4-8-13/h2-10,16H,11H2,1H3,(H,19,22)/t16-,18-/m1/s1. The molecule has 0 unspecified atom stereocenters. The van der Waals surface area contributed by atoms with Crippen molar-refractivity contribution in [3.63, 3.8) is 0 Å². The summed E-state index contributed by atoms with van der Waals surface area (Å²) in [6.07, 6.45) is -1.83. The molecule has 9 heteroatoms. The molecule has 0 radical (unpaired) electrons. The number of cyclic esters (lactones) is 1. The Hall–Kier alpha value is -3.07. The van der Waals surface area contributed by atoms with Crippen LogP contribution in [0.4, 0.5) is 10.5 Å². The van der Waals surface area contributed by atoms with Crippen LogP contribution in [0.15, 0.2) is 59.5 Å². The number of rotatable bonds is 3. The highest BCUT2D eigenvalue weighted by molar-refractivity contribution is 7.93. The van der Waals surface area contributed by atoms with E-state index in [0.29, 0.717) is 11.3 Å². The highest BCUT2D eigenvalue weighted by Crippen LogP contribution is 2.51. The van der Waals surface area contributed by atoms with Crippen LogP contribution in [-0.4, -0.2) is 32.8 Å². The van der Waals surface area contributed by atoms with Gasteiger partial charge in [-0.25, -0.2) is 17.5 Å². The molecule has 4 rings (SSSR count). The number of alkyl carbamates (subject to hydrolysis) is 1. The van der Waals surface area contributed by atoms with E-state index in [1.807, 2.05) is 0 Å². The van der Waals surface area contributed by atoms with Gasteiger partial charge in [-0.05, 0) is 18.2 Å². The van der Waals surface area contributed by atoms with Crippen molar-refractivity contribution in [3.8, 4) is 0 Å². The lowest BCUT2D eigenvalue weighted by atomic mass is 10.0. The number of carbonyl (C=O) groups excluding carboxylic acids is 2. The summed E-state index contributed by atoms with van der Waals surface area (Å²) in [6.45, 7) is 0.923. The first-order chi connectivity index (χ1) is 12.9. The Labute approximate surface area is 155 Å². The van der Waals surface area contributed by atoms with Crippen molar-refractivity contribution in [1.82, 2.24) is 5.32 Å². The maximum Gasteiger partial charge on any atom is 0.409 e. The summed E-state index contributed by atoms with van der Waals surface area (Å²) >= 11 is 0. The van der Waals surface area contributed by atoms with Gasteiger partial charge in [-0.3, -0.25) is 10.1 Å². The Morgan fingerprint density at radius 2 is 1.85 bits per heavy atom. The summed E-state index contributed by atoms with van der Waals surface area (Å²) in [5.41, 5.74) is -0.808. The van der Waals surface area contributed by atoms with E-state index < -0.39 is 33.9 Å². The van der Waals surface area contributed by atoms with Crippen molar-refractivity contribution in [2.24, 2.45) is 0 Å². The minimum absolute atomic E-state index is 0.0452. The third-order valence-electron chi connectivity index (χ3n) is 4.54. The van der Waals surface area contributed by atoms with Gasteiger partial charge in [0.1, 0.15) is 6.61 Å². The number of sulfonamides is 1. The predicted molar refractivity (Wildman–Crippen MR) is 94.3 cm³/mol. The molecule has 27 heavy (non-hydrogen) atoms. The van der Waals surface area contributed by atoms with Crippen LogP contribution in [0.25, 0.3) is 0 Å². The zero-order valence-corrected chi connectivity index (χ0v) is 15.1. The molecule has 1 saturated heterocycles. The van der Waals surface area contributed by atoms with Crippen LogP contribution in [0.2, 0.25) is 0 Å². The van der Waals surface area contributed by atoms with Crippen LogP contribution in [0.1, 0.15) is 18.6 Å². The summed E-state index contributed by atoms with van der Waals surface area (Å²) in [7, 11) is -4.09. The molecule has 140 valence electrons. The summed E-state index contributed by atoms with van der Waals surface area (Å²) in [5.74, 6) is -0.603. The first kappa shape index (κ1) is 17.3. The largest absolute Gasteiger partial charge is 0.453 e. The highest BCUT2D eigenvalue weighted by Gasteiger charge is 2.62. The molecular formula is C18H16N2O6S. The monoisotopic (exact) mass is 388 g/mol. The van der Waals surface area contributed by atoms with E-state index in [-0.39, 0.29) is 11.5 Å². The van der Waals surface area contributed by atoms with Gasteiger partial charge >= 0.3 is 12.1 Å². The quantitative estimate of drug-likeness (QED) is 0.806.